The van der Waals surface area contributed by atoms with Crippen LogP contribution in [0.25, 0.3) is 0 Å². The largest absolute Gasteiger partial charge is 0.692 e. The van der Waals surface area contributed by atoms with E-state index in [-0.39, 0.29) is 17.4 Å². The molecule has 0 aliphatic heterocycles. The van der Waals surface area contributed by atoms with Crippen molar-refractivity contribution in [3.8, 4) is 0 Å². The van der Waals surface area contributed by atoms with Gasteiger partial charge >= 0.3 is 8.25 Å². The third kappa shape index (κ3) is 97.2. The van der Waals surface area contributed by atoms with E-state index in [0.29, 0.717) is 0 Å². The molecular formula is H2CrO3P+. The first-order chi connectivity index (χ1) is 1.73. The van der Waals surface area contributed by atoms with Crippen LogP contribution < -0.4 is 0 Å². The van der Waals surface area contributed by atoms with Crippen LogP contribution in [0.1, 0.15) is 0 Å². The summed E-state index contributed by atoms with van der Waals surface area (Å²) in [5.41, 5.74) is 0. The van der Waals surface area contributed by atoms with Crippen molar-refractivity contribution in [1.29, 1.82) is 0 Å². The molecule has 0 saturated carbocycles. The van der Waals surface area contributed by atoms with Crippen LogP contribution in [-0.2, 0) is 21.9 Å². The van der Waals surface area contributed by atoms with Crippen molar-refractivity contribution in [3.05, 3.63) is 0 Å². The summed E-state index contributed by atoms with van der Waals surface area (Å²) in [7, 11) is -2.87. The Kier molecular flexibility index (Phi) is 8.30. The van der Waals surface area contributed by atoms with E-state index in [0.717, 1.165) is 0 Å². The van der Waals surface area contributed by atoms with E-state index in [9.17, 15) is 0 Å². The molecule has 0 aliphatic rings. The molecule has 0 radical (unpaired) electrons. The second kappa shape index (κ2) is 4.55. The van der Waals surface area contributed by atoms with Crippen molar-refractivity contribution in [3.63, 3.8) is 0 Å². The summed E-state index contributed by atoms with van der Waals surface area (Å²) in [6.45, 7) is 0. The number of rotatable bonds is 0. The fourth-order valence-electron chi connectivity index (χ4n) is 0. The third-order valence-electron chi connectivity index (χ3n) is 0. The Morgan fingerprint density at radius 3 is 1.40 bits per heavy atom. The summed E-state index contributed by atoms with van der Waals surface area (Å²) < 4.78 is 8.70. The van der Waals surface area contributed by atoms with Crippen molar-refractivity contribution in [2.24, 2.45) is 0 Å². The van der Waals surface area contributed by atoms with Crippen LogP contribution in [0.2, 0.25) is 0 Å². The average molecular weight is 133 g/mol. The Morgan fingerprint density at radius 2 is 1.40 bits per heavy atom. The van der Waals surface area contributed by atoms with Gasteiger partial charge in [-0.1, -0.05) is 0 Å². The van der Waals surface area contributed by atoms with E-state index < -0.39 is 8.25 Å². The molecule has 0 spiro atoms. The van der Waals surface area contributed by atoms with Gasteiger partial charge in [0.15, 0.2) is 0 Å². The van der Waals surface area contributed by atoms with Gasteiger partial charge < -0.3 is 0 Å². The first kappa shape index (κ1) is 9.12. The topological polar surface area (TPSA) is 57.5 Å². The Bertz CT molecular complexity index is 29.9. The SMILES string of the molecule is O=[P+](O)O.[Cr]. The van der Waals surface area contributed by atoms with Gasteiger partial charge in [0.2, 0.25) is 0 Å². The minimum Gasteiger partial charge on any atom is -0.134 e. The fourth-order valence-corrected chi connectivity index (χ4v) is 0. The molecule has 0 rings (SSSR count). The molecule has 30 valence electrons. The fraction of sp³-hybridized carbons (Fsp3) is 0. The summed E-state index contributed by atoms with van der Waals surface area (Å²) >= 11 is 0. The molecule has 0 saturated heterocycles. The maximum Gasteiger partial charge on any atom is 0.692 e. The van der Waals surface area contributed by atoms with Crippen LogP contribution in [-0.4, -0.2) is 9.79 Å². The van der Waals surface area contributed by atoms with Gasteiger partial charge in [0.25, 0.3) is 0 Å². The van der Waals surface area contributed by atoms with Gasteiger partial charge in [-0.05, 0) is 0 Å². The van der Waals surface area contributed by atoms with Gasteiger partial charge in [0.05, 0.1) is 0 Å². The first-order valence-corrected chi connectivity index (χ1v) is 1.75. The Labute approximate surface area is 40.7 Å². The van der Waals surface area contributed by atoms with E-state index in [1.165, 1.54) is 0 Å². The normalized spacial score (nSPS) is 5.20. The van der Waals surface area contributed by atoms with Gasteiger partial charge in [0, 0.05) is 21.9 Å². The van der Waals surface area contributed by atoms with Gasteiger partial charge in [-0.15, -0.1) is 9.79 Å². The van der Waals surface area contributed by atoms with Crippen molar-refractivity contribution in [1.82, 2.24) is 0 Å². The molecule has 2 N–H and O–H groups in total. The zero-order chi connectivity index (χ0) is 3.58. The van der Waals surface area contributed by atoms with Gasteiger partial charge in [-0.2, -0.15) is 0 Å². The number of hydrogen-bond acceptors (Lipinski definition) is 1. The molecule has 3 nitrogen and oxygen atoms in total. The molecule has 0 amide bonds. The summed E-state index contributed by atoms with van der Waals surface area (Å²) in [5, 5.41) is 0. The standard InChI is InChI=1S/Cr.HO3P/c;1-4(2)3/h;(H-,1,2,3)/p+1. The van der Waals surface area contributed by atoms with E-state index in [2.05, 4.69) is 0 Å². The van der Waals surface area contributed by atoms with Crippen LogP contribution in [0.3, 0.4) is 0 Å². The van der Waals surface area contributed by atoms with Crippen molar-refractivity contribution < 1.29 is 31.7 Å². The Balaban J connectivity index is 0. The van der Waals surface area contributed by atoms with E-state index in [1.807, 2.05) is 0 Å². The van der Waals surface area contributed by atoms with Crippen molar-refractivity contribution >= 4 is 8.25 Å². The molecule has 0 atom stereocenters. The molecule has 0 unspecified atom stereocenters. The van der Waals surface area contributed by atoms with Crippen LogP contribution in [0.15, 0.2) is 0 Å². The second-order valence-corrected chi connectivity index (χ2v) is 0.758. The average Bonchev–Trinajstić information content (AvgIpc) is 0.811. The first-order valence-electron chi connectivity index (χ1n) is 0.583. The predicted molar refractivity (Wildman–Crippen MR) is 12.0 cm³/mol. The minimum absolute atomic E-state index is 0. The van der Waals surface area contributed by atoms with Crippen LogP contribution >= 0.6 is 8.25 Å². The maximum atomic E-state index is 8.70. The molecule has 5 heteroatoms. The number of hydrogen-bond donors (Lipinski definition) is 2. The Hall–Kier alpha value is 0.552. The molecule has 0 heterocycles. The molecule has 0 aliphatic carbocycles. The predicted octanol–water partition coefficient (Wildman–Crippen LogP) is -0.374. The van der Waals surface area contributed by atoms with Crippen LogP contribution in [0.5, 0.6) is 0 Å². The zero-order valence-corrected chi connectivity index (χ0v) is 4.33. The molecule has 0 aromatic carbocycles. The minimum atomic E-state index is -2.87. The molecule has 5 heavy (non-hydrogen) atoms. The van der Waals surface area contributed by atoms with E-state index in [1.54, 1.807) is 0 Å². The molecule has 0 aromatic rings. The van der Waals surface area contributed by atoms with Crippen LogP contribution in [0, 0.1) is 0 Å². The van der Waals surface area contributed by atoms with Gasteiger partial charge in [-0.25, -0.2) is 0 Å². The molecule has 0 bridgehead atoms. The monoisotopic (exact) mass is 133 g/mol. The molecule has 0 aromatic heterocycles. The third-order valence-corrected chi connectivity index (χ3v) is 0. The summed E-state index contributed by atoms with van der Waals surface area (Å²) in [6, 6.07) is 0. The molecular weight excluding hydrogens is 131 g/mol. The second-order valence-electron chi connectivity index (χ2n) is 0.253. The van der Waals surface area contributed by atoms with Gasteiger partial charge in [0.1, 0.15) is 0 Å². The summed E-state index contributed by atoms with van der Waals surface area (Å²) in [5.74, 6) is 0. The molecule has 0 fully saturated rings. The van der Waals surface area contributed by atoms with E-state index in [4.69, 9.17) is 14.4 Å². The smallest absolute Gasteiger partial charge is 0.134 e. The van der Waals surface area contributed by atoms with Gasteiger partial charge in [-0.3, -0.25) is 0 Å². The zero-order valence-electron chi connectivity index (χ0n) is 2.16. The van der Waals surface area contributed by atoms with Crippen LogP contribution in [0.4, 0.5) is 0 Å². The summed E-state index contributed by atoms with van der Waals surface area (Å²) in [4.78, 5) is 14.2. The quantitative estimate of drug-likeness (QED) is 0.443. The van der Waals surface area contributed by atoms with E-state index >= 15 is 0 Å². The summed E-state index contributed by atoms with van der Waals surface area (Å²) in [6.07, 6.45) is 0. The Morgan fingerprint density at radius 1 is 1.40 bits per heavy atom. The van der Waals surface area contributed by atoms with Crippen molar-refractivity contribution in [2.45, 2.75) is 0 Å². The maximum absolute atomic E-state index is 8.70. The van der Waals surface area contributed by atoms with Crippen molar-refractivity contribution in [2.75, 3.05) is 0 Å².